The van der Waals surface area contributed by atoms with Crippen LogP contribution in [-0.2, 0) is 0 Å². The van der Waals surface area contributed by atoms with Gasteiger partial charge in [0.1, 0.15) is 5.75 Å². The molecule has 0 aromatic heterocycles. The molecule has 2 atom stereocenters. The molecule has 0 radical (unpaired) electrons. The Labute approximate surface area is 128 Å². The summed E-state index contributed by atoms with van der Waals surface area (Å²) in [5, 5.41) is 3.18. The summed E-state index contributed by atoms with van der Waals surface area (Å²) in [5.74, 6) is 1.35. The van der Waals surface area contributed by atoms with Crippen LogP contribution in [0.3, 0.4) is 0 Å². The van der Waals surface area contributed by atoms with Crippen LogP contribution < -0.4 is 15.8 Å². The Morgan fingerprint density at radius 2 is 2.14 bits per heavy atom. The number of nitrogens with one attached hydrogen (secondary N) is 1. The molecular formula is C16H28N4O. The van der Waals surface area contributed by atoms with Gasteiger partial charge in [0.2, 0.25) is 0 Å². The van der Waals surface area contributed by atoms with Crippen LogP contribution in [0.4, 0.5) is 0 Å². The van der Waals surface area contributed by atoms with Gasteiger partial charge >= 0.3 is 0 Å². The lowest BCUT2D eigenvalue weighted by atomic mass is 10.1. The monoisotopic (exact) mass is 292 g/mol. The number of likely N-dealkylation sites (N-methyl/N-ethyl adjacent to an activating group) is 1. The van der Waals surface area contributed by atoms with Crippen molar-refractivity contribution < 1.29 is 4.74 Å². The number of rotatable bonds is 7. The second kappa shape index (κ2) is 8.52. The Balaban J connectivity index is 2.80. The Kier molecular flexibility index (Phi) is 7.02. The molecule has 0 saturated carbocycles. The molecule has 0 aliphatic carbocycles. The summed E-state index contributed by atoms with van der Waals surface area (Å²) in [6.07, 6.45) is 1.02. The average molecular weight is 292 g/mol. The highest BCUT2D eigenvalue weighted by Gasteiger charge is 2.14. The van der Waals surface area contributed by atoms with Gasteiger partial charge in [-0.2, -0.15) is 0 Å². The van der Waals surface area contributed by atoms with Gasteiger partial charge in [-0.05, 0) is 45.1 Å². The third-order valence-electron chi connectivity index (χ3n) is 3.54. The molecule has 0 amide bonds. The quantitative estimate of drug-likeness (QED) is 0.596. The van der Waals surface area contributed by atoms with Crippen molar-refractivity contribution in [3.63, 3.8) is 0 Å². The van der Waals surface area contributed by atoms with Gasteiger partial charge < -0.3 is 20.7 Å². The van der Waals surface area contributed by atoms with E-state index in [4.69, 9.17) is 10.5 Å². The number of guanidine groups is 1. The SMILES string of the molecule is CCC(C)NC(N)=NCC(c1cccc(OC)c1)N(C)C. The molecule has 1 rings (SSSR count). The molecule has 2 unspecified atom stereocenters. The summed E-state index contributed by atoms with van der Waals surface area (Å²) in [6, 6.07) is 8.56. The summed E-state index contributed by atoms with van der Waals surface area (Å²) < 4.78 is 5.29. The predicted molar refractivity (Wildman–Crippen MR) is 88.8 cm³/mol. The fraction of sp³-hybridized carbons (Fsp3) is 0.562. The van der Waals surface area contributed by atoms with Crippen LogP contribution in [-0.4, -0.2) is 44.7 Å². The van der Waals surface area contributed by atoms with E-state index < -0.39 is 0 Å². The third-order valence-corrected chi connectivity index (χ3v) is 3.54. The maximum atomic E-state index is 5.93. The molecule has 0 fully saturated rings. The number of nitrogens with two attached hydrogens (primary N) is 1. The van der Waals surface area contributed by atoms with Gasteiger partial charge in [-0.3, -0.25) is 4.99 Å². The summed E-state index contributed by atoms with van der Waals surface area (Å²) in [4.78, 5) is 6.60. The molecule has 0 saturated heterocycles. The lowest BCUT2D eigenvalue weighted by Gasteiger charge is -2.24. The van der Waals surface area contributed by atoms with Crippen molar-refractivity contribution in [2.45, 2.75) is 32.4 Å². The number of benzene rings is 1. The highest BCUT2D eigenvalue weighted by Crippen LogP contribution is 2.22. The Hall–Kier alpha value is -1.75. The van der Waals surface area contributed by atoms with E-state index in [-0.39, 0.29) is 6.04 Å². The minimum absolute atomic E-state index is 0.164. The van der Waals surface area contributed by atoms with Crippen LogP contribution in [0, 0.1) is 0 Å². The van der Waals surface area contributed by atoms with E-state index in [1.807, 2.05) is 32.3 Å². The van der Waals surface area contributed by atoms with Crippen LogP contribution in [0.5, 0.6) is 5.75 Å². The number of ether oxygens (including phenoxy) is 1. The molecule has 5 heteroatoms. The molecule has 0 aliphatic heterocycles. The second-order valence-electron chi connectivity index (χ2n) is 5.44. The Bertz CT molecular complexity index is 459. The fourth-order valence-corrected chi connectivity index (χ4v) is 2.00. The number of nitrogens with zero attached hydrogens (tertiary/aromatic N) is 2. The summed E-state index contributed by atoms with van der Waals surface area (Å²) in [7, 11) is 5.76. The van der Waals surface area contributed by atoms with Gasteiger partial charge in [0.25, 0.3) is 0 Å². The van der Waals surface area contributed by atoms with Crippen molar-refractivity contribution >= 4 is 5.96 Å². The fourth-order valence-electron chi connectivity index (χ4n) is 2.00. The van der Waals surface area contributed by atoms with Gasteiger partial charge in [-0.25, -0.2) is 0 Å². The smallest absolute Gasteiger partial charge is 0.188 e. The molecule has 0 bridgehead atoms. The zero-order chi connectivity index (χ0) is 15.8. The largest absolute Gasteiger partial charge is 0.497 e. The van der Waals surface area contributed by atoms with Crippen molar-refractivity contribution in [2.75, 3.05) is 27.7 Å². The lowest BCUT2D eigenvalue weighted by molar-refractivity contribution is 0.305. The van der Waals surface area contributed by atoms with E-state index in [1.54, 1.807) is 7.11 Å². The maximum Gasteiger partial charge on any atom is 0.188 e. The molecule has 5 nitrogen and oxygen atoms in total. The van der Waals surface area contributed by atoms with Crippen molar-refractivity contribution in [2.24, 2.45) is 10.7 Å². The van der Waals surface area contributed by atoms with E-state index in [0.29, 0.717) is 18.5 Å². The van der Waals surface area contributed by atoms with Gasteiger partial charge in [-0.15, -0.1) is 0 Å². The van der Waals surface area contributed by atoms with Crippen LogP contribution >= 0.6 is 0 Å². The normalized spacial score (nSPS) is 14.9. The van der Waals surface area contributed by atoms with Crippen LogP contribution in [0.25, 0.3) is 0 Å². The summed E-state index contributed by atoms with van der Waals surface area (Å²) in [6.45, 7) is 4.81. The summed E-state index contributed by atoms with van der Waals surface area (Å²) in [5.41, 5.74) is 7.09. The van der Waals surface area contributed by atoms with E-state index in [0.717, 1.165) is 12.2 Å². The summed E-state index contributed by atoms with van der Waals surface area (Å²) >= 11 is 0. The van der Waals surface area contributed by atoms with Gasteiger partial charge in [0.15, 0.2) is 5.96 Å². The van der Waals surface area contributed by atoms with Crippen molar-refractivity contribution in [1.29, 1.82) is 0 Å². The first-order chi connectivity index (χ1) is 9.97. The third kappa shape index (κ3) is 5.63. The number of hydrogen-bond donors (Lipinski definition) is 2. The first-order valence-electron chi connectivity index (χ1n) is 7.34. The highest BCUT2D eigenvalue weighted by atomic mass is 16.5. The van der Waals surface area contributed by atoms with Gasteiger partial charge in [0.05, 0.1) is 19.7 Å². The van der Waals surface area contributed by atoms with Crippen molar-refractivity contribution in [3.05, 3.63) is 29.8 Å². The molecule has 0 heterocycles. The average Bonchev–Trinajstić information content (AvgIpc) is 2.47. The predicted octanol–water partition coefficient (Wildman–Crippen LogP) is 2.00. The van der Waals surface area contributed by atoms with Crippen LogP contribution in [0.15, 0.2) is 29.3 Å². The standard InChI is InChI=1S/C16H28N4O/c1-6-12(2)19-16(17)18-11-15(20(3)4)13-8-7-9-14(10-13)21-5/h7-10,12,15H,6,11H2,1-5H3,(H3,17,18,19). The molecule has 118 valence electrons. The lowest BCUT2D eigenvalue weighted by Crippen LogP contribution is -2.38. The minimum atomic E-state index is 0.164. The van der Waals surface area contributed by atoms with Gasteiger partial charge in [0, 0.05) is 6.04 Å². The number of methoxy groups -OCH3 is 1. The molecule has 0 spiro atoms. The number of hydrogen-bond acceptors (Lipinski definition) is 3. The highest BCUT2D eigenvalue weighted by molar-refractivity contribution is 5.78. The van der Waals surface area contributed by atoms with E-state index >= 15 is 0 Å². The van der Waals surface area contributed by atoms with Crippen LogP contribution in [0.2, 0.25) is 0 Å². The van der Waals surface area contributed by atoms with E-state index in [9.17, 15) is 0 Å². The van der Waals surface area contributed by atoms with E-state index in [2.05, 4.69) is 35.1 Å². The minimum Gasteiger partial charge on any atom is -0.497 e. The molecule has 21 heavy (non-hydrogen) atoms. The number of aliphatic imine (C=N–C) groups is 1. The zero-order valence-corrected chi connectivity index (χ0v) is 13.8. The molecule has 1 aromatic carbocycles. The second-order valence-corrected chi connectivity index (χ2v) is 5.44. The molecular weight excluding hydrogens is 264 g/mol. The molecule has 0 aliphatic rings. The van der Waals surface area contributed by atoms with Gasteiger partial charge in [-0.1, -0.05) is 19.1 Å². The van der Waals surface area contributed by atoms with Crippen molar-refractivity contribution in [1.82, 2.24) is 10.2 Å². The zero-order valence-electron chi connectivity index (χ0n) is 13.8. The first-order valence-corrected chi connectivity index (χ1v) is 7.34. The van der Waals surface area contributed by atoms with E-state index in [1.165, 1.54) is 5.56 Å². The maximum absolute atomic E-state index is 5.93. The Morgan fingerprint density at radius 3 is 2.71 bits per heavy atom. The molecule has 3 N–H and O–H groups in total. The van der Waals surface area contributed by atoms with Crippen LogP contribution in [0.1, 0.15) is 31.9 Å². The Morgan fingerprint density at radius 1 is 1.43 bits per heavy atom. The topological polar surface area (TPSA) is 62.9 Å². The first kappa shape index (κ1) is 17.3. The molecule has 1 aromatic rings. The van der Waals surface area contributed by atoms with Crippen molar-refractivity contribution in [3.8, 4) is 5.75 Å².